The maximum Gasteiger partial charge on any atom is 0.0540 e. The van der Waals surface area contributed by atoms with E-state index in [2.05, 4.69) is 231 Å². The van der Waals surface area contributed by atoms with E-state index in [-0.39, 0.29) is 5.41 Å². The highest BCUT2D eigenvalue weighted by molar-refractivity contribution is 7.26. The summed E-state index contributed by atoms with van der Waals surface area (Å²) in [6.45, 7) is 4.73. The van der Waals surface area contributed by atoms with Gasteiger partial charge in [-0.25, -0.2) is 0 Å². The van der Waals surface area contributed by atoms with Gasteiger partial charge in [0.05, 0.1) is 5.69 Å². The number of hydrogen-bond donors (Lipinski definition) is 0. The van der Waals surface area contributed by atoms with Gasteiger partial charge in [0.1, 0.15) is 0 Å². The van der Waals surface area contributed by atoms with Crippen molar-refractivity contribution in [1.29, 1.82) is 0 Å². The molecule has 2 heterocycles. The van der Waals surface area contributed by atoms with Crippen molar-refractivity contribution < 1.29 is 0 Å². The number of anilines is 3. The van der Waals surface area contributed by atoms with Gasteiger partial charge in [0.25, 0.3) is 0 Å². The molecule has 64 heavy (non-hydrogen) atoms. The summed E-state index contributed by atoms with van der Waals surface area (Å²) in [4.78, 5) is 2.46. The molecule has 0 atom stereocenters. The Balaban J connectivity index is 0.991. The van der Waals surface area contributed by atoms with Crippen molar-refractivity contribution in [3.8, 4) is 44.5 Å². The van der Waals surface area contributed by atoms with E-state index in [1.54, 1.807) is 0 Å². The van der Waals surface area contributed by atoms with Crippen molar-refractivity contribution in [3.05, 3.63) is 223 Å². The molecular weight excluding hydrogens is 811 g/mol. The predicted molar refractivity (Wildman–Crippen MR) is 278 cm³/mol. The van der Waals surface area contributed by atoms with Crippen LogP contribution in [0.2, 0.25) is 0 Å². The first-order chi connectivity index (χ1) is 31.5. The lowest BCUT2D eigenvalue weighted by Crippen LogP contribution is -2.16. The molecule has 0 saturated carbocycles. The van der Waals surface area contributed by atoms with E-state index in [0.717, 1.165) is 17.1 Å². The summed E-state index contributed by atoms with van der Waals surface area (Å²) in [5, 5.41) is 7.71. The van der Waals surface area contributed by atoms with Gasteiger partial charge in [0.2, 0.25) is 0 Å². The van der Waals surface area contributed by atoms with Gasteiger partial charge in [0.15, 0.2) is 0 Å². The summed E-state index contributed by atoms with van der Waals surface area (Å²) < 4.78 is 5.29. The smallest absolute Gasteiger partial charge is 0.0540 e. The van der Waals surface area contributed by atoms with Crippen LogP contribution in [0.1, 0.15) is 25.0 Å². The van der Waals surface area contributed by atoms with Gasteiger partial charge in [-0.3, -0.25) is 0 Å². The minimum Gasteiger partial charge on any atom is -0.310 e. The van der Waals surface area contributed by atoms with Crippen LogP contribution in [0.25, 0.3) is 95.6 Å². The van der Waals surface area contributed by atoms with Gasteiger partial charge in [-0.15, -0.1) is 22.7 Å². The molecule has 3 heteroatoms. The van der Waals surface area contributed by atoms with E-state index in [1.165, 1.54) is 107 Å². The largest absolute Gasteiger partial charge is 0.310 e. The third-order valence-corrected chi connectivity index (χ3v) is 16.1. The fourth-order valence-electron chi connectivity index (χ4n) is 10.5. The summed E-state index contributed by atoms with van der Waals surface area (Å²) >= 11 is 3.79. The molecule has 302 valence electrons. The molecule has 10 aromatic carbocycles. The first kappa shape index (κ1) is 37.3. The van der Waals surface area contributed by atoms with Crippen LogP contribution in [0.5, 0.6) is 0 Å². The highest BCUT2D eigenvalue weighted by Crippen LogP contribution is 2.51. The van der Waals surface area contributed by atoms with Gasteiger partial charge < -0.3 is 4.90 Å². The van der Waals surface area contributed by atoms with E-state index in [9.17, 15) is 0 Å². The Morgan fingerprint density at radius 1 is 0.344 bits per heavy atom. The first-order valence-corrected chi connectivity index (χ1v) is 23.7. The van der Waals surface area contributed by atoms with Gasteiger partial charge in [0, 0.05) is 62.5 Å². The zero-order chi connectivity index (χ0) is 42.5. The van der Waals surface area contributed by atoms with Crippen LogP contribution < -0.4 is 4.90 Å². The van der Waals surface area contributed by atoms with Gasteiger partial charge in [-0.1, -0.05) is 166 Å². The second kappa shape index (κ2) is 14.4. The zero-order valence-electron chi connectivity index (χ0n) is 35.5. The van der Waals surface area contributed by atoms with Crippen LogP contribution in [-0.4, -0.2) is 0 Å². The SMILES string of the molecule is CC1(C)c2ccccc2-c2ccc(N(c3ccc(-c4cc(-c5cccc6c5sc5ccccc56)cc(-c5cccc6c5sc5ccccc56)c4)cc3)c3cccc4ccccc34)cc21. The second-order valence-corrected chi connectivity index (χ2v) is 19.7. The van der Waals surface area contributed by atoms with E-state index in [0.29, 0.717) is 0 Å². The number of nitrogens with zero attached hydrogens (tertiary/aromatic N) is 1. The maximum absolute atomic E-state index is 2.46. The Hall–Kier alpha value is -7.30. The summed E-state index contributed by atoms with van der Waals surface area (Å²) in [6, 6.07) is 79.2. The molecule has 13 rings (SSSR count). The molecule has 0 radical (unpaired) electrons. The third kappa shape index (κ3) is 5.75. The molecule has 0 saturated heterocycles. The number of benzene rings is 10. The van der Waals surface area contributed by atoms with Crippen LogP contribution in [0.3, 0.4) is 0 Å². The Labute approximate surface area is 380 Å². The topological polar surface area (TPSA) is 3.24 Å². The molecule has 0 unspecified atom stereocenters. The molecule has 1 aliphatic carbocycles. The van der Waals surface area contributed by atoms with E-state index < -0.39 is 0 Å². The van der Waals surface area contributed by atoms with Crippen molar-refractivity contribution in [2.24, 2.45) is 0 Å². The monoisotopic (exact) mass is 851 g/mol. The molecule has 0 fully saturated rings. The number of rotatable bonds is 6. The van der Waals surface area contributed by atoms with E-state index >= 15 is 0 Å². The predicted octanol–water partition coefficient (Wildman–Crippen LogP) is 18.4. The lowest BCUT2D eigenvalue weighted by Gasteiger charge is -2.29. The van der Waals surface area contributed by atoms with Crippen molar-refractivity contribution in [3.63, 3.8) is 0 Å². The molecule has 1 nitrogen and oxygen atoms in total. The molecule has 0 amide bonds. The Morgan fingerprint density at radius 3 is 1.53 bits per heavy atom. The van der Waals surface area contributed by atoms with Crippen LogP contribution in [0, 0.1) is 0 Å². The lowest BCUT2D eigenvalue weighted by molar-refractivity contribution is 0.660. The van der Waals surface area contributed by atoms with Crippen LogP contribution in [-0.2, 0) is 5.41 Å². The Morgan fingerprint density at radius 2 is 0.844 bits per heavy atom. The van der Waals surface area contributed by atoms with Crippen molar-refractivity contribution >= 4 is 90.9 Å². The molecule has 0 aliphatic heterocycles. The summed E-state index contributed by atoms with van der Waals surface area (Å²) in [6.07, 6.45) is 0. The van der Waals surface area contributed by atoms with Gasteiger partial charge >= 0.3 is 0 Å². The van der Waals surface area contributed by atoms with Crippen LogP contribution in [0.15, 0.2) is 212 Å². The fourth-order valence-corrected chi connectivity index (χ4v) is 13.0. The average Bonchev–Trinajstić information content (AvgIpc) is 3.99. The average molecular weight is 852 g/mol. The molecule has 0 bridgehead atoms. The maximum atomic E-state index is 2.46. The lowest BCUT2D eigenvalue weighted by atomic mass is 9.82. The van der Waals surface area contributed by atoms with Crippen molar-refractivity contribution in [2.75, 3.05) is 4.90 Å². The third-order valence-electron chi connectivity index (χ3n) is 13.7. The normalized spacial score (nSPS) is 13.0. The minimum absolute atomic E-state index is 0.112. The quantitative estimate of drug-likeness (QED) is 0.161. The van der Waals surface area contributed by atoms with Crippen LogP contribution >= 0.6 is 22.7 Å². The first-order valence-electron chi connectivity index (χ1n) is 22.1. The Kier molecular flexibility index (Phi) is 8.37. The number of hydrogen-bond acceptors (Lipinski definition) is 3. The van der Waals surface area contributed by atoms with Crippen molar-refractivity contribution in [1.82, 2.24) is 0 Å². The minimum atomic E-state index is -0.112. The Bertz CT molecular complexity index is 3690. The van der Waals surface area contributed by atoms with Gasteiger partial charge in [-0.05, 0) is 122 Å². The number of thiophene rings is 2. The fraction of sp³-hybridized carbons (Fsp3) is 0.0492. The molecule has 2 aromatic heterocycles. The molecule has 12 aromatic rings. The zero-order valence-corrected chi connectivity index (χ0v) is 37.1. The van der Waals surface area contributed by atoms with E-state index in [1.807, 2.05) is 22.7 Å². The number of fused-ring (bicyclic) bond motifs is 10. The molecule has 0 spiro atoms. The van der Waals surface area contributed by atoms with Gasteiger partial charge in [-0.2, -0.15) is 0 Å². The van der Waals surface area contributed by atoms with E-state index in [4.69, 9.17) is 0 Å². The van der Waals surface area contributed by atoms with Crippen molar-refractivity contribution in [2.45, 2.75) is 19.3 Å². The van der Waals surface area contributed by atoms with Crippen LogP contribution in [0.4, 0.5) is 17.1 Å². The second-order valence-electron chi connectivity index (χ2n) is 17.6. The molecule has 0 N–H and O–H groups in total. The molecular formula is C61H41NS2. The standard InChI is InChI=1S/C61H41NS2/c1-61(2)54-24-8-5-17-48(54)49-33-32-44(37-55(49)61)62(56-25-11-15-39-14-3-4-16-45(39)56)43-30-28-38(29-31-43)40-34-41(46-20-12-22-52-50-18-6-9-26-57(50)63-59(46)52)36-42(35-40)47-21-13-23-53-51-19-7-10-27-58(51)64-60(47)53/h3-37H,1-2H3. The summed E-state index contributed by atoms with van der Waals surface area (Å²) in [5.41, 5.74) is 16.1. The summed E-state index contributed by atoms with van der Waals surface area (Å²) in [7, 11) is 0. The highest BCUT2D eigenvalue weighted by Gasteiger charge is 2.36. The highest BCUT2D eigenvalue weighted by atomic mass is 32.1. The summed E-state index contributed by atoms with van der Waals surface area (Å²) in [5.74, 6) is 0. The molecule has 1 aliphatic rings.